The molecule has 1 saturated heterocycles. The van der Waals surface area contributed by atoms with Crippen molar-refractivity contribution in [3.8, 4) is 11.5 Å². The molecule has 0 saturated carbocycles. The number of methoxy groups -OCH3 is 2. The standard InChI is InChI=1S/C22H25ClN4O3/c1-28-19-9-16-10-21(23)26-22(18(16)11-20(19)29-2)25-12-17-14-27(7-8-30-17)13-15-3-5-24-6-4-15/h3-6,9-11,17H,7-8,12-14H2,1-2H3,(H,25,26). The van der Waals surface area contributed by atoms with Crippen molar-refractivity contribution in [2.45, 2.75) is 12.6 Å². The monoisotopic (exact) mass is 428 g/mol. The van der Waals surface area contributed by atoms with Crippen molar-refractivity contribution in [2.24, 2.45) is 0 Å². The number of rotatable bonds is 7. The molecular formula is C22H25ClN4O3. The fourth-order valence-electron chi connectivity index (χ4n) is 3.69. The molecule has 1 N–H and O–H groups in total. The fraction of sp³-hybridized carbons (Fsp3) is 0.364. The van der Waals surface area contributed by atoms with Crippen molar-refractivity contribution in [1.82, 2.24) is 14.9 Å². The third-order valence-electron chi connectivity index (χ3n) is 5.18. The van der Waals surface area contributed by atoms with Gasteiger partial charge < -0.3 is 19.5 Å². The van der Waals surface area contributed by atoms with Gasteiger partial charge in [0.1, 0.15) is 11.0 Å². The van der Waals surface area contributed by atoms with Gasteiger partial charge in [-0.2, -0.15) is 0 Å². The first-order valence-corrected chi connectivity index (χ1v) is 10.2. The molecule has 2 aromatic heterocycles. The van der Waals surface area contributed by atoms with E-state index >= 15 is 0 Å². The summed E-state index contributed by atoms with van der Waals surface area (Å²) in [7, 11) is 3.23. The molecule has 0 spiro atoms. The second-order valence-corrected chi connectivity index (χ2v) is 7.57. The highest BCUT2D eigenvalue weighted by atomic mass is 35.5. The molecule has 0 amide bonds. The van der Waals surface area contributed by atoms with Crippen LogP contribution < -0.4 is 14.8 Å². The van der Waals surface area contributed by atoms with Crippen molar-refractivity contribution >= 4 is 28.2 Å². The van der Waals surface area contributed by atoms with E-state index in [-0.39, 0.29) is 6.10 Å². The van der Waals surface area contributed by atoms with E-state index in [0.29, 0.717) is 35.6 Å². The van der Waals surface area contributed by atoms with Crippen LogP contribution in [0.4, 0.5) is 5.82 Å². The van der Waals surface area contributed by atoms with Crippen molar-refractivity contribution in [3.05, 3.63) is 53.4 Å². The number of benzene rings is 1. The van der Waals surface area contributed by atoms with Gasteiger partial charge in [0.05, 0.1) is 26.9 Å². The van der Waals surface area contributed by atoms with Crippen LogP contribution in [0.25, 0.3) is 10.8 Å². The van der Waals surface area contributed by atoms with Gasteiger partial charge in [-0.3, -0.25) is 9.88 Å². The highest BCUT2D eigenvalue weighted by Crippen LogP contribution is 2.35. The van der Waals surface area contributed by atoms with E-state index in [9.17, 15) is 0 Å². The zero-order valence-corrected chi connectivity index (χ0v) is 17.9. The van der Waals surface area contributed by atoms with Crippen LogP contribution in [0.3, 0.4) is 0 Å². The molecule has 0 radical (unpaired) electrons. The van der Waals surface area contributed by atoms with Crippen LogP contribution in [0, 0.1) is 0 Å². The van der Waals surface area contributed by atoms with Crippen molar-refractivity contribution in [1.29, 1.82) is 0 Å². The number of hydrogen-bond acceptors (Lipinski definition) is 7. The van der Waals surface area contributed by atoms with E-state index < -0.39 is 0 Å². The summed E-state index contributed by atoms with van der Waals surface area (Å²) >= 11 is 6.26. The Labute approximate surface area is 180 Å². The minimum absolute atomic E-state index is 0.0524. The van der Waals surface area contributed by atoms with E-state index in [0.717, 1.165) is 30.4 Å². The van der Waals surface area contributed by atoms with Crippen LogP contribution in [0.15, 0.2) is 42.7 Å². The third-order valence-corrected chi connectivity index (χ3v) is 5.37. The highest BCUT2D eigenvalue weighted by molar-refractivity contribution is 6.30. The summed E-state index contributed by atoms with van der Waals surface area (Å²) in [6.07, 6.45) is 3.71. The largest absolute Gasteiger partial charge is 0.493 e. The molecule has 4 rings (SSSR count). The molecular weight excluding hydrogens is 404 g/mol. The van der Waals surface area contributed by atoms with Gasteiger partial charge in [0.15, 0.2) is 11.5 Å². The van der Waals surface area contributed by atoms with Crippen LogP contribution in [-0.4, -0.2) is 61.4 Å². The lowest BCUT2D eigenvalue weighted by atomic mass is 10.1. The molecule has 1 aliphatic heterocycles. The summed E-state index contributed by atoms with van der Waals surface area (Å²) in [6.45, 7) is 3.96. The average molecular weight is 429 g/mol. The van der Waals surface area contributed by atoms with Crippen molar-refractivity contribution in [3.63, 3.8) is 0 Å². The molecule has 1 aliphatic rings. The molecule has 1 aromatic carbocycles. The molecule has 1 atom stereocenters. The summed E-state index contributed by atoms with van der Waals surface area (Å²) in [6, 6.07) is 9.73. The van der Waals surface area contributed by atoms with Crippen LogP contribution >= 0.6 is 11.6 Å². The number of halogens is 1. The normalized spacial score (nSPS) is 17.1. The molecule has 30 heavy (non-hydrogen) atoms. The number of pyridine rings is 2. The molecule has 1 fully saturated rings. The number of aromatic nitrogens is 2. The lowest BCUT2D eigenvalue weighted by Gasteiger charge is -2.33. The minimum Gasteiger partial charge on any atom is -0.493 e. The van der Waals surface area contributed by atoms with E-state index in [4.69, 9.17) is 25.8 Å². The summed E-state index contributed by atoms with van der Waals surface area (Å²) in [5.74, 6) is 2.00. The molecule has 0 bridgehead atoms. The first-order chi connectivity index (χ1) is 14.7. The number of anilines is 1. The van der Waals surface area contributed by atoms with Crippen molar-refractivity contribution in [2.75, 3.05) is 45.8 Å². The van der Waals surface area contributed by atoms with E-state index in [1.807, 2.05) is 42.7 Å². The van der Waals surface area contributed by atoms with Crippen LogP contribution in [0.5, 0.6) is 11.5 Å². The van der Waals surface area contributed by atoms with E-state index in [1.165, 1.54) is 5.56 Å². The number of fused-ring (bicyclic) bond motifs is 1. The lowest BCUT2D eigenvalue weighted by Crippen LogP contribution is -2.44. The Hall–Kier alpha value is -2.61. The number of morpholine rings is 1. The summed E-state index contributed by atoms with van der Waals surface area (Å²) in [5, 5.41) is 5.68. The first kappa shape index (κ1) is 20.7. The molecule has 1 unspecified atom stereocenters. The van der Waals surface area contributed by atoms with E-state index in [2.05, 4.69) is 20.2 Å². The quantitative estimate of drug-likeness (QED) is 0.576. The smallest absolute Gasteiger partial charge is 0.161 e. The molecule has 158 valence electrons. The van der Waals surface area contributed by atoms with Gasteiger partial charge in [-0.05, 0) is 41.3 Å². The average Bonchev–Trinajstić information content (AvgIpc) is 2.77. The van der Waals surface area contributed by atoms with Gasteiger partial charge in [0, 0.05) is 44.0 Å². The Morgan fingerprint density at radius 3 is 2.70 bits per heavy atom. The Morgan fingerprint density at radius 2 is 1.93 bits per heavy atom. The molecule has 8 heteroatoms. The molecule has 3 aromatic rings. The molecule has 0 aliphatic carbocycles. The van der Waals surface area contributed by atoms with Gasteiger partial charge in [-0.25, -0.2) is 4.98 Å². The zero-order chi connectivity index (χ0) is 20.9. The van der Waals surface area contributed by atoms with Crippen LogP contribution in [0.2, 0.25) is 5.15 Å². The van der Waals surface area contributed by atoms with Crippen LogP contribution in [-0.2, 0) is 11.3 Å². The lowest BCUT2D eigenvalue weighted by molar-refractivity contribution is -0.0240. The Balaban J connectivity index is 1.47. The van der Waals surface area contributed by atoms with Gasteiger partial charge in [0.2, 0.25) is 0 Å². The number of nitrogens with zero attached hydrogens (tertiary/aromatic N) is 3. The predicted molar refractivity (Wildman–Crippen MR) is 118 cm³/mol. The fourth-order valence-corrected chi connectivity index (χ4v) is 3.89. The molecule has 3 heterocycles. The van der Waals surface area contributed by atoms with Gasteiger partial charge in [-0.1, -0.05) is 11.6 Å². The highest BCUT2D eigenvalue weighted by Gasteiger charge is 2.21. The summed E-state index contributed by atoms with van der Waals surface area (Å²) in [4.78, 5) is 11.0. The topological polar surface area (TPSA) is 68.7 Å². The Bertz CT molecular complexity index is 1000. The second kappa shape index (κ2) is 9.47. The SMILES string of the molecule is COc1cc2cc(Cl)nc(NCC3CN(Cc4ccncc4)CCO3)c2cc1OC. The second-order valence-electron chi connectivity index (χ2n) is 7.19. The third kappa shape index (κ3) is 4.75. The Morgan fingerprint density at radius 1 is 1.17 bits per heavy atom. The first-order valence-electron chi connectivity index (χ1n) is 9.85. The van der Waals surface area contributed by atoms with Gasteiger partial charge in [-0.15, -0.1) is 0 Å². The maximum atomic E-state index is 6.26. The van der Waals surface area contributed by atoms with E-state index in [1.54, 1.807) is 14.2 Å². The predicted octanol–water partition coefficient (Wildman–Crippen LogP) is 3.61. The van der Waals surface area contributed by atoms with Crippen molar-refractivity contribution < 1.29 is 14.2 Å². The maximum absolute atomic E-state index is 6.26. The zero-order valence-electron chi connectivity index (χ0n) is 17.1. The minimum atomic E-state index is 0.0524. The van der Waals surface area contributed by atoms with Crippen LogP contribution in [0.1, 0.15) is 5.56 Å². The number of ether oxygens (including phenoxy) is 3. The summed E-state index contributed by atoms with van der Waals surface area (Å²) in [5.41, 5.74) is 1.25. The number of hydrogen-bond donors (Lipinski definition) is 1. The number of nitrogens with one attached hydrogen (secondary N) is 1. The van der Waals surface area contributed by atoms with Gasteiger partial charge in [0.25, 0.3) is 0 Å². The summed E-state index contributed by atoms with van der Waals surface area (Å²) < 4.78 is 16.8. The van der Waals surface area contributed by atoms with Gasteiger partial charge >= 0.3 is 0 Å². The maximum Gasteiger partial charge on any atom is 0.161 e. The Kier molecular flexibility index (Phi) is 6.52. The molecule has 7 nitrogen and oxygen atoms in total.